The molecule has 210 valence electrons. The number of hydrogen-bond acceptors (Lipinski definition) is 10. The van der Waals surface area contributed by atoms with E-state index in [-0.39, 0.29) is 42.3 Å². The molecule has 2 unspecified atom stereocenters. The molecule has 3 heterocycles. The van der Waals surface area contributed by atoms with Crippen molar-refractivity contribution in [2.45, 2.75) is 45.0 Å². The lowest BCUT2D eigenvalue weighted by molar-refractivity contribution is -0.172. The van der Waals surface area contributed by atoms with Gasteiger partial charge in [0.2, 0.25) is 11.9 Å². The zero-order valence-electron chi connectivity index (χ0n) is 21.6. The van der Waals surface area contributed by atoms with Gasteiger partial charge in [-0.1, -0.05) is 23.4 Å². The van der Waals surface area contributed by atoms with Crippen molar-refractivity contribution in [3.63, 3.8) is 0 Å². The normalized spacial score (nSPS) is 17.7. The van der Waals surface area contributed by atoms with Crippen LogP contribution in [0, 0.1) is 11.7 Å². The third-order valence-electron chi connectivity index (χ3n) is 6.39. The van der Waals surface area contributed by atoms with Gasteiger partial charge in [0, 0.05) is 48.0 Å². The Morgan fingerprint density at radius 3 is 2.67 bits per heavy atom. The minimum atomic E-state index is -0.975. The molecule has 0 radical (unpaired) electrons. The van der Waals surface area contributed by atoms with Gasteiger partial charge >= 0.3 is 6.09 Å². The summed E-state index contributed by atoms with van der Waals surface area (Å²) in [4.78, 5) is 38.2. The van der Waals surface area contributed by atoms with Crippen LogP contribution in [0.3, 0.4) is 0 Å². The predicted octanol–water partition coefficient (Wildman–Crippen LogP) is 2.50. The minimum Gasteiger partial charge on any atom is -0.445 e. The molecule has 12 nitrogen and oxygen atoms in total. The first kappa shape index (κ1) is 28.2. The van der Waals surface area contributed by atoms with Crippen LogP contribution in [0.4, 0.5) is 15.1 Å². The smallest absolute Gasteiger partial charge is 0.404 e. The van der Waals surface area contributed by atoms with Gasteiger partial charge in [0.1, 0.15) is 19.0 Å². The van der Waals surface area contributed by atoms with Crippen LogP contribution in [0.5, 0.6) is 0 Å². The van der Waals surface area contributed by atoms with Gasteiger partial charge in [-0.2, -0.15) is 0 Å². The van der Waals surface area contributed by atoms with Crippen LogP contribution in [0.2, 0.25) is 0 Å². The molecule has 2 atom stereocenters. The van der Waals surface area contributed by atoms with Gasteiger partial charge in [0.05, 0.1) is 25.4 Å². The number of oxime groups is 1. The number of anilines is 1. The molecule has 0 spiro atoms. The first-order valence-electron chi connectivity index (χ1n) is 12.8. The van der Waals surface area contributed by atoms with Crippen molar-refractivity contribution in [2.24, 2.45) is 22.5 Å². The second-order valence-corrected chi connectivity index (χ2v) is 9.47. The lowest BCUT2D eigenvalue weighted by atomic mass is 10.1. The SMILES string of the molecule is NC(=O)CCC(CON=C1CN(c2ncc(-c3cccc(COC(N)=O)c3F)cn2)C1)COC1CCCCO1. The fourth-order valence-electron chi connectivity index (χ4n) is 4.16. The summed E-state index contributed by atoms with van der Waals surface area (Å²) in [5.41, 5.74) is 12.1. The van der Waals surface area contributed by atoms with E-state index < -0.39 is 11.9 Å². The standard InChI is InChI=1S/C26H33FN6O6/c27-24-18(16-38-25(29)35)4-3-5-21(24)19-10-30-26(31-11-19)33-12-20(13-33)32-39-15-17(7-8-22(28)34)14-37-23-6-1-2-9-36-23/h3-5,10-11,17,23H,1-2,6-9,12-16H2,(H2,28,34)(H2,29,35). The summed E-state index contributed by atoms with van der Waals surface area (Å²) in [5.74, 6) is -0.461. The van der Waals surface area contributed by atoms with E-state index in [9.17, 15) is 14.0 Å². The Kier molecular flexibility index (Phi) is 9.97. The van der Waals surface area contributed by atoms with E-state index in [1.807, 2.05) is 4.90 Å². The van der Waals surface area contributed by atoms with Gasteiger partial charge in [0.15, 0.2) is 6.29 Å². The number of carbonyl (C=O) groups excluding carboxylic acids is 2. The molecule has 0 bridgehead atoms. The number of halogens is 1. The van der Waals surface area contributed by atoms with E-state index in [1.54, 1.807) is 12.1 Å². The molecule has 0 saturated carbocycles. The summed E-state index contributed by atoms with van der Waals surface area (Å²) in [6.07, 6.45) is 5.63. The zero-order chi connectivity index (χ0) is 27.6. The van der Waals surface area contributed by atoms with Crippen molar-refractivity contribution in [1.82, 2.24) is 9.97 Å². The average Bonchev–Trinajstić information content (AvgIpc) is 2.91. The maximum absolute atomic E-state index is 14.8. The third kappa shape index (κ3) is 8.32. The highest BCUT2D eigenvalue weighted by Crippen LogP contribution is 2.26. The summed E-state index contributed by atoms with van der Waals surface area (Å²) in [5, 5.41) is 4.21. The number of carbonyl (C=O) groups is 2. The Bertz CT molecular complexity index is 1150. The van der Waals surface area contributed by atoms with Gasteiger partial charge in [-0.25, -0.2) is 19.2 Å². The number of aromatic nitrogens is 2. The number of benzene rings is 1. The molecular formula is C26H33FN6O6. The average molecular weight is 545 g/mol. The molecule has 2 saturated heterocycles. The lowest BCUT2D eigenvalue weighted by Crippen LogP contribution is -2.48. The molecule has 2 amide bonds. The highest BCUT2D eigenvalue weighted by molar-refractivity contribution is 5.98. The quantitative estimate of drug-likeness (QED) is 0.360. The Morgan fingerprint density at radius 1 is 1.18 bits per heavy atom. The third-order valence-corrected chi connectivity index (χ3v) is 6.39. The molecule has 0 aliphatic carbocycles. The molecule has 2 aliphatic heterocycles. The largest absolute Gasteiger partial charge is 0.445 e. The van der Waals surface area contributed by atoms with Gasteiger partial charge in [0.25, 0.3) is 0 Å². The Morgan fingerprint density at radius 2 is 1.97 bits per heavy atom. The van der Waals surface area contributed by atoms with Crippen LogP contribution in [0.15, 0.2) is 35.7 Å². The molecule has 13 heteroatoms. The van der Waals surface area contributed by atoms with Crippen LogP contribution in [-0.2, 0) is 30.4 Å². The van der Waals surface area contributed by atoms with E-state index in [1.165, 1.54) is 18.5 Å². The predicted molar refractivity (Wildman–Crippen MR) is 139 cm³/mol. The summed E-state index contributed by atoms with van der Waals surface area (Å²) < 4.78 is 31.0. The topological polar surface area (TPSA) is 164 Å². The van der Waals surface area contributed by atoms with Crippen molar-refractivity contribution < 1.29 is 33.0 Å². The highest BCUT2D eigenvalue weighted by Gasteiger charge is 2.26. The van der Waals surface area contributed by atoms with Crippen LogP contribution in [0.25, 0.3) is 11.1 Å². The van der Waals surface area contributed by atoms with E-state index in [0.29, 0.717) is 50.8 Å². The van der Waals surface area contributed by atoms with Crippen molar-refractivity contribution in [2.75, 3.05) is 37.8 Å². The zero-order valence-corrected chi connectivity index (χ0v) is 21.6. The number of amides is 2. The first-order chi connectivity index (χ1) is 18.9. The van der Waals surface area contributed by atoms with Gasteiger partial charge < -0.3 is 35.4 Å². The van der Waals surface area contributed by atoms with Crippen LogP contribution in [0.1, 0.15) is 37.7 Å². The summed E-state index contributed by atoms with van der Waals surface area (Å²) in [6, 6.07) is 4.76. The molecule has 39 heavy (non-hydrogen) atoms. The fraction of sp³-hybridized carbons (Fsp3) is 0.500. The Hall–Kier alpha value is -3.84. The van der Waals surface area contributed by atoms with E-state index >= 15 is 0 Å². The number of nitrogens with two attached hydrogens (primary N) is 2. The van der Waals surface area contributed by atoms with Gasteiger partial charge in [-0.3, -0.25) is 4.79 Å². The summed E-state index contributed by atoms with van der Waals surface area (Å²) in [7, 11) is 0. The van der Waals surface area contributed by atoms with Crippen LogP contribution >= 0.6 is 0 Å². The van der Waals surface area contributed by atoms with Crippen molar-refractivity contribution in [3.8, 4) is 11.1 Å². The molecule has 2 aliphatic rings. The number of hydrogen-bond donors (Lipinski definition) is 2. The van der Waals surface area contributed by atoms with Crippen molar-refractivity contribution in [1.29, 1.82) is 0 Å². The van der Waals surface area contributed by atoms with Gasteiger partial charge in [-0.05, 0) is 25.7 Å². The van der Waals surface area contributed by atoms with E-state index in [4.69, 9.17) is 30.5 Å². The second kappa shape index (κ2) is 13.8. The van der Waals surface area contributed by atoms with E-state index in [2.05, 4.69) is 15.1 Å². The number of nitrogens with zero attached hydrogens (tertiary/aromatic N) is 4. The molecule has 2 aromatic rings. The monoisotopic (exact) mass is 544 g/mol. The molecule has 4 rings (SSSR count). The van der Waals surface area contributed by atoms with Crippen LogP contribution in [-0.4, -0.2) is 66.9 Å². The Labute approximate surface area is 225 Å². The Balaban J connectivity index is 1.26. The molecular weight excluding hydrogens is 511 g/mol. The molecule has 1 aromatic heterocycles. The number of rotatable bonds is 13. The lowest BCUT2D eigenvalue weighted by Gasteiger charge is -2.32. The number of primary amides is 2. The fourth-order valence-corrected chi connectivity index (χ4v) is 4.16. The second-order valence-electron chi connectivity index (χ2n) is 9.47. The first-order valence-corrected chi connectivity index (χ1v) is 12.8. The molecule has 2 fully saturated rings. The maximum atomic E-state index is 14.8. The van der Waals surface area contributed by atoms with Crippen LogP contribution < -0.4 is 16.4 Å². The van der Waals surface area contributed by atoms with Crippen molar-refractivity contribution >= 4 is 23.7 Å². The molecule has 4 N–H and O–H groups in total. The summed E-state index contributed by atoms with van der Waals surface area (Å²) >= 11 is 0. The van der Waals surface area contributed by atoms with Crippen molar-refractivity contribution in [3.05, 3.63) is 42.0 Å². The minimum absolute atomic E-state index is 0.0410. The highest BCUT2D eigenvalue weighted by atomic mass is 19.1. The van der Waals surface area contributed by atoms with Gasteiger partial charge in [-0.15, -0.1) is 0 Å². The molecule has 1 aromatic carbocycles. The number of ether oxygens (including phenoxy) is 3. The van der Waals surface area contributed by atoms with E-state index in [0.717, 1.165) is 25.0 Å². The maximum Gasteiger partial charge on any atom is 0.404 e. The summed E-state index contributed by atoms with van der Waals surface area (Å²) in [6.45, 7) is 2.11.